The molecule has 1 unspecified atom stereocenters. The van der Waals surface area contributed by atoms with E-state index in [2.05, 4.69) is 30.8 Å². The summed E-state index contributed by atoms with van der Waals surface area (Å²) in [6, 6.07) is 3.46. The van der Waals surface area contributed by atoms with E-state index in [1.165, 1.54) is 0 Å². The van der Waals surface area contributed by atoms with Crippen molar-refractivity contribution in [2.24, 2.45) is 7.05 Å². The van der Waals surface area contributed by atoms with Crippen LogP contribution in [0.1, 0.15) is 29.4 Å². The molecule has 2 amide bonds. The summed E-state index contributed by atoms with van der Waals surface area (Å²) < 4.78 is 1.72. The molecule has 0 spiro atoms. The van der Waals surface area contributed by atoms with Gasteiger partial charge in [-0.25, -0.2) is 4.98 Å². The van der Waals surface area contributed by atoms with Gasteiger partial charge in [-0.1, -0.05) is 0 Å². The number of aromatic nitrogens is 3. The summed E-state index contributed by atoms with van der Waals surface area (Å²) in [5.74, 6) is 0.155. The molecule has 0 saturated heterocycles. The molecule has 28 heavy (non-hydrogen) atoms. The van der Waals surface area contributed by atoms with Crippen LogP contribution in [-0.2, 0) is 18.4 Å². The Labute approximate surface area is 165 Å². The van der Waals surface area contributed by atoms with Gasteiger partial charge in [0.05, 0.1) is 12.2 Å². The van der Waals surface area contributed by atoms with Crippen molar-refractivity contribution >= 4 is 17.8 Å². The number of hydrogen-bond donors (Lipinski definition) is 3. The zero-order valence-corrected chi connectivity index (χ0v) is 16.9. The van der Waals surface area contributed by atoms with E-state index in [-0.39, 0.29) is 24.4 Å². The predicted molar refractivity (Wildman–Crippen MR) is 108 cm³/mol. The van der Waals surface area contributed by atoms with Gasteiger partial charge in [-0.05, 0) is 46.1 Å². The van der Waals surface area contributed by atoms with Crippen molar-refractivity contribution in [3.05, 3.63) is 42.0 Å². The molecule has 0 radical (unpaired) electrons. The Morgan fingerprint density at radius 2 is 2.04 bits per heavy atom. The highest BCUT2D eigenvalue weighted by molar-refractivity contribution is 6.03. The topological polar surface area (TPSA) is 104 Å². The van der Waals surface area contributed by atoms with E-state index >= 15 is 0 Å². The quantitative estimate of drug-likeness (QED) is 0.552. The molecule has 0 bridgehead atoms. The van der Waals surface area contributed by atoms with Gasteiger partial charge in [0.1, 0.15) is 0 Å². The van der Waals surface area contributed by atoms with E-state index < -0.39 is 0 Å². The molecule has 2 heterocycles. The van der Waals surface area contributed by atoms with Crippen molar-refractivity contribution in [2.75, 3.05) is 32.5 Å². The number of imidazole rings is 1. The van der Waals surface area contributed by atoms with E-state index in [0.29, 0.717) is 23.8 Å². The van der Waals surface area contributed by atoms with E-state index in [0.717, 1.165) is 13.0 Å². The van der Waals surface area contributed by atoms with E-state index in [1.54, 1.807) is 42.3 Å². The summed E-state index contributed by atoms with van der Waals surface area (Å²) in [6.07, 6.45) is 5.84. The van der Waals surface area contributed by atoms with Crippen LogP contribution in [0.15, 0.2) is 30.7 Å². The van der Waals surface area contributed by atoms with Crippen LogP contribution in [0.3, 0.4) is 0 Å². The number of aryl methyl sites for hydroxylation is 1. The van der Waals surface area contributed by atoms with Gasteiger partial charge in [0.15, 0.2) is 0 Å². The Kier molecular flexibility index (Phi) is 8.09. The Hall–Kier alpha value is -2.78. The summed E-state index contributed by atoms with van der Waals surface area (Å²) >= 11 is 0. The number of carbonyl (C=O) groups excluding carboxylic acids is 2. The maximum absolute atomic E-state index is 12.3. The Balaban J connectivity index is 1.79. The minimum atomic E-state index is -0.259. The molecule has 0 aliphatic rings. The third kappa shape index (κ3) is 7.09. The maximum atomic E-state index is 12.3. The van der Waals surface area contributed by atoms with Crippen molar-refractivity contribution in [3.8, 4) is 0 Å². The molecule has 0 aliphatic carbocycles. The highest BCUT2D eigenvalue weighted by Crippen LogP contribution is 2.07. The third-order valence-corrected chi connectivity index (χ3v) is 4.13. The van der Waals surface area contributed by atoms with Gasteiger partial charge in [-0.3, -0.25) is 19.9 Å². The van der Waals surface area contributed by atoms with Crippen LogP contribution in [-0.4, -0.2) is 64.5 Å². The largest absolute Gasteiger partial charge is 0.352 e. The second-order valence-corrected chi connectivity index (χ2v) is 7.02. The lowest BCUT2D eigenvalue weighted by atomic mass is 10.2. The average molecular weight is 387 g/mol. The fourth-order valence-corrected chi connectivity index (χ4v) is 2.53. The predicted octanol–water partition coefficient (Wildman–Crippen LogP) is 0.613. The summed E-state index contributed by atoms with van der Waals surface area (Å²) in [4.78, 5) is 34.7. The number of nitrogens with one attached hydrogen (secondary N) is 3. The average Bonchev–Trinajstić information content (AvgIpc) is 3.05. The third-order valence-electron chi connectivity index (χ3n) is 4.13. The highest BCUT2D eigenvalue weighted by Gasteiger charge is 2.11. The smallest absolute Gasteiger partial charge is 0.258 e. The number of carbonyl (C=O) groups is 2. The Bertz CT molecular complexity index is 788. The summed E-state index contributed by atoms with van der Waals surface area (Å²) in [7, 11) is 5.82. The molecule has 2 rings (SSSR count). The summed E-state index contributed by atoms with van der Waals surface area (Å²) in [5, 5.41) is 8.77. The van der Waals surface area contributed by atoms with Crippen LogP contribution in [0.4, 0.5) is 5.95 Å². The zero-order valence-electron chi connectivity index (χ0n) is 16.9. The number of rotatable bonds is 10. The first-order chi connectivity index (χ1) is 13.3. The lowest BCUT2D eigenvalue weighted by Crippen LogP contribution is -2.40. The van der Waals surface area contributed by atoms with E-state index in [4.69, 9.17) is 0 Å². The molecule has 0 fully saturated rings. The molecular formula is C19H29N7O2. The van der Waals surface area contributed by atoms with Crippen LogP contribution in [0.25, 0.3) is 0 Å². The molecule has 0 aromatic carbocycles. The normalized spacial score (nSPS) is 12.0. The molecule has 9 heteroatoms. The first-order valence-electron chi connectivity index (χ1n) is 9.23. The number of anilines is 1. The van der Waals surface area contributed by atoms with Gasteiger partial charge in [0.2, 0.25) is 11.9 Å². The SMILES string of the molecule is CC(CCN(C)C)NC(=O)CNCc1cc(C(=O)Nc2nccn2C)ccn1. The first kappa shape index (κ1) is 21.5. The fraction of sp³-hybridized carbons (Fsp3) is 0.474. The Morgan fingerprint density at radius 1 is 1.25 bits per heavy atom. The molecule has 9 nitrogen and oxygen atoms in total. The van der Waals surface area contributed by atoms with Crippen LogP contribution >= 0.6 is 0 Å². The van der Waals surface area contributed by atoms with Gasteiger partial charge < -0.3 is 20.1 Å². The van der Waals surface area contributed by atoms with E-state index in [1.807, 2.05) is 21.0 Å². The van der Waals surface area contributed by atoms with Gasteiger partial charge in [0, 0.05) is 43.8 Å². The Morgan fingerprint density at radius 3 is 2.71 bits per heavy atom. The number of pyridine rings is 1. The highest BCUT2D eigenvalue weighted by atomic mass is 16.2. The van der Waals surface area contributed by atoms with Crippen molar-refractivity contribution in [1.82, 2.24) is 30.1 Å². The zero-order chi connectivity index (χ0) is 20.5. The summed E-state index contributed by atoms with van der Waals surface area (Å²) in [6.45, 7) is 3.50. The van der Waals surface area contributed by atoms with Crippen molar-refractivity contribution in [1.29, 1.82) is 0 Å². The maximum Gasteiger partial charge on any atom is 0.258 e. The molecule has 0 saturated carbocycles. The molecule has 152 valence electrons. The molecular weight excluding hydrogens is 358 g/mol. The minimum Gasteiger partial charge on any atom is -0.352 e. The van der Waals surface area contributed by atoms with Crippen molar-refractivity contribution < 1.29 is 9.59 Å². The van der Waals surface area contributed by atoms with Crippen LogP contribution in [0.5, 0.6) is 0 Å². The monoisotopic (exact) mass is 387 g/mol. The number of nitrogens with zero attached hydrogens (tertiary/aromatic N) is 4. The van der Waals surface area contributed by atoms with Crippen molar-refractivity contribution in [2.45, 2.75) is 25.9 Å². The van der Waals surface area contributed by atoms with Crippen molar-refractivity contribution in [3.63, 3.8) is 0 Å². The second-order valence-electron chi connectivity index (χ2n) is 7.02. The second kappa shape index (κ2) is 10.5. The van der Waals surface area contributed by atoms with Crippen LogP contribution in [0.2, 0.25) is 0 Å². The van der Waals surface area contributed by atoms with E-state index in [9.17, 15) is 9.59 Å². The standard InChI is InChI=1S/C19H29N7O2/c1-14(6-9-25(2)3)23-17(27)13-20-12-16-11-15(5-7-21-16)18(28)24-19-22-8-10-26(19)4/h5,7-8,10-11,14,20H,6,9,12-13H2,1-4H3,(H,23,27)(H,22,24,28). The molecule has 2 aromatic rings. The van der Waals surface area contributed by atoms with Crippen LogP contribution in [0, 0.1) is 0 Å². The van der Waals surface area contributed by atoms with Gasteiger partial charge in [-0.2, -0.15) is 0 Å². The minimum absolute atomic E-state index is 0.0602. The summed E-state index contributed by atoms with van der Waals surface area (Å²) in [5.41, 5.74) is 1.16. The van der Waals surface area contributed by atoms with Gasteiger partial charge >= 0.3 is 0 Å². The number of hydrogen-bond acceptors (Lipinski definition) is 6. The van der Waals surface area contributed by atoms with Gasteiger partial charge in [-0.15, -0.1) is 0 Å². The lowest BCUT2D eigenvalue weighted by Gasteiger charge is -2.16. The molecule has 0 aliphatic heterocycles. The molecule has 1 atom stereocenters. The van der Waals surface area contributed by atoms with Gasteiger partial charge in [0.25, 0.3) is 5.91 Å². The molecule has 2 aromatic heterocycles. The fourth-order valence-electron chi connectivity index (χ4n) is 2.53. The van der Waals surface area contributed by atoms with Crippen LogP contribution < -0.4 is 16.0 Å². The lowest BCUT2D eigenvalue weighted by molar-refractivity contribution is -0.120. The number of amides is 2. The molecule has 3 N–H and O–H groups in total. The first-order valence-corrected chi connectivity index (χ1v) is 9.23.